The lowest BCUT2D eigenvalue weighted by Gasteiger charge is -2.37. The molecular weight excluding hydrogens is 852 g/mol. The van der Waals surface area contributed by atoms with E-state index in [1.165, 1.54) is 56.2 Å². The number of carbonyl (C=O) groups is 3. The van der Waals surface area contributed by atoms with Gasteiger partial charge < -0.3 is 15.0 Å². The van der Waals surface area contributed by atoms with Gasteiger partial charge in [-0.25, -0.2) is 8.42 Å². The van der Waals surface area contributed by atoms with Crippen LogP contribution in [-0.4, -0.2) is 72.0 Å². The molecule has 342 valence electrons. The normalized spacial score (nSPS) is 17.1. The van der Waals surface area contributed by atoms with Gasteiger partial charge in [-0.15, -0.1) is 0 Å². The highest BCUT2D eigenvalue weighted by molar-refractivity contribution is 7.89. The average Bonchev–Trinajstić information content (AvgIpc) is 3.87. The zero-order chi connectivity index (χ0) is 45.9. The van der Waals surface area contributed by atoms with Gasteiger partial charge in [-0.05, 0) is 61.6 Å². The molecule has 4 aromatic carbocycles. The SMILES string of the molecule is CCCN([C@H](C(=O)N[C@@H](CC(=O)OC(c1ccccc1)(c1ccc(C2CCCCCCCC2)cc1)c1ccccc1Cl)C(=O)N1CCCC1)C(C)C)S(=O)(=O)c1ccccc1[N+](=O)[O-]. The zero-order valence-electron chi connectivity index (χ0n) is 37.1. The molecule has 64 heavy (non-hydrogen) atoms. The smallest absolute Gasteiger partial charge is 0.310 e. The Labute approximate surface area is 382 Å². The van der Waals surface area contributed by atoms with Crippen molar-refractivity contribution in [1.82, 2.24) is 14.5 Å². The number of amides is 2. The number of nitro groups is 1. The summed E-state index contributed by atoms with van der Waals surface area (Å²) in [6, 6.07) is 26.9. The van der Waals surface area contributed by atoms with Crippen molar-refractivity contribution in [1.29, 1.82) is 0 Å². The van der Waals surface area contributed by atoms with Crippen LogP contribution in [0.25, 0.3) is 0 Å². The number of ether oxygens (including phenoxy) is 1. The summed E-state index contributed by atoms with van der Waals surface area (Å²) in [6.07, 6.45) is 10.7. The summed E-state index contributed by atoms with van der Waals surface area (Å²) in [4.78, 5) is 56.1. The number of para-hydroxylation sites is 1. The lowest BCUT2D eigenvalue weighted by molar-refractivity contribution is -0.387. The van der Waals surface area contributed by atoms with Crippen molar-refractivity contribution in [2.45, 2.75) is 126 Å². The van der Waals surface area contributed by atoms with Crippen LogP contribution in [0.15, 0.2) is 108 Å². The largest absolute Gasteiger partial charge is 0.444 e. The standard InChI is InChI=1S/C50H61ClN4O8S/c1-4-32-54(64(61,62)45-27-17-16-26-44(45)55(59)60)47(36(2)3)48(57)52-43(49(58)53-33-18-19-34-53)35-46(56)63-50(39-22-12-9-13-23-39,41-24-14-15-25-42(41)51)40-30-28-38(29-31-40)37-20-10-7-5-6-8-11-21-37/h9,12-17,22-31,36-37,43,47H,4-8,10-11,18-21,32-35H2,1-3H3,(H,52,57)/t43-,47-,50?/m0/s1. The summed E-state index contributed by atoms with van der Waals surface area (Å²) in [7, 11) is -4.63. The first-order valence-electron chi connectivity index (χ1n) is 22.8. The lowest BCUT2D eigenvalue weighted by Crippen LogP contribution is -2.57. The molecule has 1 saturated carbocycles. The van der Waals surface area contributed by atoms with E-state index in [1.807, 2.05) is 54.6 Å². The van der Waals surface area contributed by atoms with E-state index in [1.54, 1.807) is 37.8 Å². The Hall–Kier alpha value is -5.11. The summed E-state index contributed by atoms with van der Waals surface area (Å²) in [5, 5.41) is 15.1. The van der Waals surface area contributed by atoms with E-state index < -0.39 is 73.3 Å². The van der Waals surface area contributed by atoms with Gasteiger partial charge in [0.05, 0.1) is 11.3 Å². The molecular formula is C50H61ClN4O8S. The summed E-state index contributed by atoms with van der Waals surface area (Å²) in [5.74, 6) is -2.38. The maximum absolute atomic E-state index is 14.8. The van der Waals surface area contributed by atoms with Crippen molar-refractivity contribution in [3.63, 3.8) is 0 Å². The Morgan fingerprint density at radius 3 is 2.02 bits per heavy atom. The van der Waals surface area contributed by atoms with Crippen molar-refractivity contribution >= 4 is 45.1 Å². The fraction of sp³-hybridized carbons (Fsp3) is 0.460. The first-order chi connectivity index (χ1) is 30.8. The number of nitrogens with one attached hydrogen (secondary N) is 1. The molecule has 0 bridgehead atoms. The van der Waals surface area contributed by atoms with E-state index in [4.69, 9.17) is 16.3 Å². The molecule has 0 spiro atoms. The Balaban J connectivity index is 1.39. The van der Waals surface area contributed by atoms with Gasteiger partial charge in [0.15, 0.2) is 10.5 Å². The maximum atomic E-state index is 14.8. The molecule has 2 fully saturated rings. The molecule has 1 unspecified atom stereocenters. The summed E-state index contributed by atoms with van der Waals surface area (Å²) in [5.41, 5.74) is 0.783. The van der Waals surface area contributed by atoms with Crippen LogP contribution in [0.2, 0.25) is 5.02 Å². The van der Waals surface area contributed by atoms with Crippen LogP contribution < -0.4 is 5.32 Å². The monoisotopic (exact) mass is 912 g/mol. The van der Waals surface area contributed by atoms with E-state index in [0.717, 1.165) is 42.1 Å². The van der Waals surface area contributed by atoms with Crippen LogP contribution in [0.4, 0.5) is 5.69 Å². The highest BCUT2D eigenvalue weighted by atomic mass is 35.5. The first-order valence-corrected chi connectivity index (χ1v) is 24.6. The van der Waals surface area contributed by atoms with Gasteiger partial charge >= 0.3 is 5.97 Å². The third-order valence-electron chi connectivity index (χ3n) is 12.6. The summed E-state index contributed by atoms with van der Waals surface area (Å²) in [6.45, 7) is 5.75. The van der Waals surface area contributed by atoms with Crippen LogP contribution in [0.5, 0.6) is 0 Å². The molecule has 1 N–H and O–H groups in total. The quantitative estimate of drug-likeness (QED) is 0.0475. The second-order valence-electron chi connectivity index (χ2n) is 17.3. The molecule has 3 atom stereocenters. The average molecular weight is 914 g/mol. The minimum Gasteiger partial charge on any atom is -0.444 e. The number of rotatable bonds is 17. The van der Waals surface area contributed by atoms with Crippen LogP contribution in [-0.2, 0) is 34.7 Å². The Morgan fingerprint density at radius 2 is 1.41 bits per heavy atom. The van der Waals surface area contributed by atoms with Gasteiger partial charge in [0, 0.05) is 47.4 Å². The number of sulfonamides is 1. The molecule has 1 aliphatic heterocycles. The van der Waals surface area contributed by atoms with Gasteiger partial charge in [0.1, 0.15) is 12.1 Å². The van der Waals surface area contributed by atoms with E-state index in [-0.39, 0.29) is 13.0 Å². The number of nitrogens with zero attached hydrogens (tertiary/aromatic N) is 3. The van der Waals surface area contributed by atoms with Crippen LogP contribution in [0.1, 0.15) is 126 Å². The van der Waals surface area contributed by atoms with Crippen molar-refractivity contribution < 1.29 is 32.5 Å². The molecule has 14 heteroatoms. The number of likely N-dealkylation sites (tertiary alicyclic amines) is 1. The van der Waals surface area contributed by atoms with Crippen LogP contribution >= 0.6 is 11.6 Å². The predicted molar refractivity (Wildman–Crippen MR) is 248 cm³/mol. The molecule has 4 aromatic rings. The van der Waals surface area contributed by atoms with Crippen molar-refractivity contribution in [2.75, 3.05) is 19.6 Å². The van der Waals surface area contributed by atoms with Gasteiger partial charge in [-0.1, -0.05) is 156 Å². The number of esters is 1. The van der Waals surface area contributed by atoms with Gasteiger partial charge in [-0.2, -0.15) is 4.31 Å². The van der Waals surface area contributed by atoms with Crippen molar-refractivity contribution in [3.8, 4) is 0 Å². The minimum atomic E-state index is -4.63. The third kappa shape index (κ3) is 11.0. The number of benzene rings is 4. The summed E-state index contributed by atoms with van der Waals surface area (Å²) >= 11 is 7.03. The number of halogens is 1. The van der Waals surface area contributed by atoms with E-state index in [0.29, 0.717) is 40.7 Å². The molecule has 1 heterocycles. The Morgan fingerprint density at radius 1 is 0.828 bits per heavy atom. The van der Waals surface area contributed by atoms with Crippen LogP contribution in [0.3, 0.4) is 0 Å². The second kappa shape index (κ2) is 22.2. The highest BCUT2D eigenvalue weighted by Crippen LogP contribution is 2.45. The van der Waals surface area contributed by atoms with Crippen molar-refractivity contribution in [2.24, 2.45) is 5.92 Å². The molecule has 0 aromatic heterocycles. The Bertz CT molecular complexity index is 2330. The zero-order valence-corrected chi connectivity index (χ0v) is 38.7. The van der Waals surface area contributed by atoms with E-state index in [2.05, 4.69) is 17.4 Å². The second-order valence-corrected chi connectivity index (χ2v) is 19.6. The van der Waals surface area contributed by atoms with E-state index >= 15 is 0 Å². The maximum Gasteiger partial charge on any atom is 0.310 e. The number of hydrogen-bond acceptors (Lipinski definition) is 8. The first kappa shape index (κ1) is 48.3. The molecule has 1 aliphatic carbocycles. The predicted octanol–water partition coefficient (Wildman–Crippen LogP) is 9.92. The van der Waals surface area contributed by atoms with Gasteiger partial charge in [0.2, 0.25) is 11.8 Å². The molecule has 2 amide bonds. The number of nitro benzene ring substituents is 1. The fourth-order valence-corrected chi connectivity index (χ4v) is 11.6. The summed E-state index contributed by atoms with van der Waals surface area (Å²) < 4.78 is 36.4. The van der Waals surface area contributed by atoms with Gasteiger partial charge in [0.25, 0.3) is 15.7 Å². The highest BCUT2D eigenvalue weighted by Gasteiger charge is 2.45. The molecule has 6 rings (SSSR count). The minimum absolute atomic E-state index is 0.144. The van der Waals surface area contributed by atoms with E-state index in [9.17, 15) is 32.9 Å². The molecule has 12 nitrogen and oxygen atoms in total. The van der Waals surface area contributed by atoms with Gasteiger partial charge in [-0.3, -0.25) is 24.5 Å². The topological polar surface area (TPSA) is 156 Å². The molecule has 0 radical (unpaired) electrons. The fourth-order valence-electron chi connectivity index (χ4n) is 9.37. The molecule has 1 saturated heterocycles. The molecule has 2 aliphatic rings. The third-order valence-corrected chi connectivity index (χ3v) is 14.8. The van der Waals surface area contributed by atoms with Crippen molar-refractivity contribution in [3.05, 3.63) is 141 Å². The number of carbonyl (C=O) groups excluding carboxylic acids is 3. The Kier molecular flexibility index (Phi) is 16.8. The number of hydrogen-bond donors (Lipinski definition) is 1. The van der Waals surface area contributed by atoms with Crippen LogP contribution in [0, 0.1) is 16.0 Å². The lowest BCUT2D eigenvalue weighted by atomic mass is 9.78.